The summed E-state index contributed by atoms with van der Waals surface area (Å²) in [4.78, 5) is 26.6. The molecule has 1 aliphatic rings. The minimum Gasteiger partial charge on any atom is -0.352 e. The first-order valence-corrected chi connectivity index (χ1v) is 5.43. The summed E-state index contributed by atoms with van der Waals surface area (Å²) in [6.07, 6.45) is 3.65. The molecule has 0 saturated carbocycles. The zero-order chi connectivity index (χ0) is 13.0. The Bertz CT molecular complexity index is 482. The number of carbonyl (C=O) groups excluding carboxylic acids is 2. The molecule has 0 spiro atoms. The van der Waals surface area contributed by atoms with Crippen molar-refractivity contribution in [1.82, 2.24) is 26.1 Å². The summed E-state index contributed by atoms with van der Waals surface area (Å²) in [5, 5.41) is 11.5. The van der Waals surface area contributed by atoms with Crippen molar-refractivity contribution in [2.24, 2.45) is 0 Å². The number of carbonyl (C=O) groups is 2. The van der Waals surface area contributed by atoms with E-state index >= 15 is 0 Å². The second kappa shape index (κ2) is 5.41. The van der Waals surface area contributed by atoms with Crippen molar-refractivity contribution in [2.75, 3.05) is 13.6 Å². The van der Waals surface area contributed by atoms with Crippen LogP contribution in [0.3, 0.4) is 0 Å². The van der Waals surface area contributed by atoms with Crippen LogP contribution < -0.4 is 16.0 Å². The Morgan fingerprint density at radius 2 is 2.44 bits per heavy atom. The molecule has 18 heavy (non-hydrogen) atoms. The fraction of sp³-hybridized carbons (Fsp3) is 0.400. The molecular formula is C10H13N5O3. The molecule has 0 fully saturated rings. The predicted molar refractivity (Wildman–Crippen MR) is 60.5 cm³/mol. The van der Waals surface area contributed by atoms with Crippen LogP contribution in [0.2, 0.25) is 0 Å². The van der Waals surface area contributed by atoms with Gasteiger partial charge in [-0.1, -0.05) is 17.3 Å². The molecule has 1 aliphatic heterocycles. The average molecular weight is 251 g/mol. The minimum atomic E-state index is -0.434. The number of aromatic nitrogens is 2. The summed E-state index contributed by atoms with van der Waals surface area (Å²) in [6.45, 7) is 0.772. The van der Waals surface area contributed by atoms with Crippen molar-refractivity contribution in [3.8, 4) is 0 Å². The van der Waals surface area contributed by atoms with Gasteiger partial charge in [0.15, 0.2) is 0 Å². The highest BCUT2D eigenvalue weighted by molar-refractivity contribution is 5.89. The Balaban J connectivity index is 1.86. The standard InChI is InChI=1S/C10H13N5O3/c1-11-10(17)8-14-7(18-15-8)5-13-9(16)6-3-2-4-12-6/h2-3,6,12H,4-5H2,1H3,(H,11,17)(H,13,16). The molecular weight excluding hydrogens is 238 g/mol. The number of rotatable bonds is 4. The maximum absolute atomic E-state index is 11.6. The van der Waals surface area contributed by atoms with Crippen molar-refractivity contribution in [3.05, 3.63) is 23.9 Å². The molecule has 0 saturated heterocycles. The third-order valence-corrected chi connectivity index (χ3v) is 2.38. The van der Waals surface area contributed by atoms with Crippen LogP contribution in [0, 0.1) is 0 Å². The second-order valence-corrected chi connectivity index (χ2v) is 3.62. The molecule has 0 bridgehead atoms. The van der Waals surface area contributed by atoms with Crippen LogP contribution in [0.4, 0.5) is 0 Å². The van der Waals surface area contributed by atoms with E-state index in [-0.39, 0.29) is 30.2 Å². The molecule has 8 heteroatoms. The van der Waals surface area contributed by atoms with E-state index in [0.717, 1.165) is 0 Å². The molecule has 0 aromatic carbocycles. The van der Waals surface area contributed by atoms with Gasteiger partial charge in [0.2, 0.25) is 11.8 Å². The molecule has 2 rings (SSSR count). The van der Waals surface area contributed by atoms with Crippen LogP contribution in [0.5, 0.6) is 0 Å². The van der Waals surface area contributed by atoms with Gasteiger partial charge in [-0.15, -0.1) is 0 Å². The fourth-order valence-electron chi connectivity index (χ4n) is 1.45. The Hall–Kier alpha value is -2.22. The number of nitrogens with zero attached hydrogens (tertiary/aromatic N) is 2. The number of hydrogen-bond acceptors (Lipinski definition) is 6. The third kappa shape index (κ3) is 2.72. The Morgan fingerprint density at radius 3 is 3.11 bits per heavy atom. The summed E-state index contributed by atoms with van der Waals surface area (Å²) in [6, 6.07) is -0.327. The van der Waals surface area contributed by atoms with Gasteiger partial charge in [0.05, 0.1) is 6.54 Å². The molecule has 2 amide bonds. The highest BCUT2D eigenvalue weighted by atomic mass is 16.5. The SMILES string of the molecule is CNC(=O)c1noc(CNC(=O)C2C=CCN2)n1. The first-order chi connectivity index (χ1) is 8.70. The molecule has 3 N–H and O–H groups in total. The van der Waals surface area contributed by atoms with Crippen molar-refractivity contribution >= 4 is 11.8 Å². The van der Waals surface area contributed by atoms with E-state index < -0.39 is 5.91 Å². The molecule has 1 aromatic heterocycles. The molecule has 0 aliphatic carbocycles. The normalized spacial score (nSPS) is 17.7. The molecule has 1 atom stereocenters. The number of amides is 2. The maximum atomic E-state index is 11.6. The van der Waals surface area contributed by atoms with Gasteiger partial charge in [-0.05, 0) is 0 Å². The van der Waals surface area contributed by atoms with E-state index in [0.29, 0.717) is 6.54 Å². The Kier molecular flexibility index (Phi) is 3.68. The summed E-state index contributed by atoms with van der Waals surface area (Å²) >= 11 is 0. The lowest BCUT2D eigenvalue weighted by Gasteiger charge is -2.07. The van der Waals surface area contributed by atoms with Crippen molar-refractivity contribution in [1.29, 1.82) is 0 Å². The lowest BCUT2D eigenvalue weighted by atomic mass is 10.3. The predicted octanol–water partition coefficient (Wildman–Crippen LogP) is -1.43. The Morgan fingerprint density at radius 1 is 1.61 bits per heavy atom. The summed E-state index contributed by atoms with van der Waals surface area (Å²) in [5.41, 5.74) is 0. The first-order valence-electron chi connectivity index (χ1n) is 5.43. The smallest absolute Gasteiger partial charge is 0.292 e. The second-order valence-electron chi connectivity index (χ2n) is 3.62. The van der Waals surface area contributed by atoms with Crippen LogP contribution >= 0.6 is 0 Å². The van der Waals surface area contributed by atoms with Crippen LogP contribution in [-0.2, 0) is 11.3 Å². The highest BCUT2D eigenvalue weighted by Gasteiger charge is 2.18. The highest BCUT2D eigenvalue weighted by Crippen LogP contribution is 1.99. The third-order valence-electron chi connectivity index (χ3n) is 2.38. The van der Waals surface area contributed by atoms with Crippen LogP contribution in [0.1, 0.15) is 16.5 Å². The average Bonchev–Trinajstić information content (AvgIpc) is 3.05. The molecule has 0 radical (unpaired) electrons. The van der Waals surface area contributed by atoms with Gasteiger partial charge in [-0.25, -0.2) is 0 Å². The zero-order valence-electron chi connectivity index (χ0n) is 9.77. The molecule has 1 unspecified atom stereocenters. The van der Waals surface area contributed by atoms with Crippen LogP contribution in [-0.4, -0.2) is 41.6 Å². The first kappa shape index (κ1) is 12.2. The van der Waals surface area contributed by atoms with E-state index in [2.05, 4.69) is 26.1 Å². The summed E-state index contributed by atoms with van der Waals surface area (Å²) in [5.74, 6) is -0.482. The van der Waals surface area contributed by atoms with Crippen molar-refractivity contribution in [2.45, 2.75) is 12.6 Å². The van der Waals surface area contributed by atoms with Gasteiger partial charge in [0.1, 0.15) is 6.04 Å². The largest absolute Gasteiger partial charge is 0.352 e. The quantitative estimate of drug-likeness (QED) is 0.566. The molecule has 1 aromatic rings. The topological polar surface area (TPSA) is 109 Å². The van der Waals surface area contributed by atoms with E-state index in [1.54, 1.807) is 6.08 Å². The summed E-state index contributed by atoms with van der Waals surface area (Å²) < 4.78 is 4.83. The van der Waals surface area contributed by atoms with Gasteiger partial charge in [-0.2, -0.15) is 4.98 Å². The Labute approximate surface area is 103 Å². The number of nitrogens with one attached hydrogen (secondary N) is 3. The monoisotopic (exact) mass is 251 g/mol. The maximum Gasteiger partial charge on any atom is 0.292 e. The molecule has 8 nitrogen and oxygen atoms in total. The molecule has 96 valence electrons. The summed E-state index contributed by atoms with van der Waals surface area (Å²) in [7, 11) is 1.47. The van der Waals surface area contributed by atoms with E-state index in [1.807, 2.05) is 6.08 Å². The van der Waals surface area contributed by atoms with E-state index in [1.165, 1.54) is 7.05 Å². The van der Waals surface area contributed by atoms with Crippen LogP contribution in [0.25, 0.3) is 0 Å². The van der Waals surface area contributed by atoms with Crippen LogP contribution in [0.15, 0.2) is 16.7 Å². The van der Waals surface area contributed by atoms with Gasteiger partial charge in [0.25, 0.3) is 11.7 Å². The van der Waals surface area contributed by atoms with Gasteiger partial charge >= 0.3 is 0 Å². The lowest BCUT2D eigenvalue weighted by Crippen LogP contribution is -2.40. The van der Waals surface area contributed by atoms with Crippen molar-refractivity contribution in [3.63, 3.8) is 0 Å². The van der Waals surface area contributed by atoms with Gasteiger partial charge in [0, 0.05) is 13.6 Å². The van der Waals surface area contributed by atoms with Crippen molar-refractivity contribution < 1.29 is 14.1 Å². The van der Waals surface area contributed by atoms with Gasteiger partial charge < -0.3 is 15.2 Å². The lowest BCUT2D eigenvalue weighted by molar-refractivity contribution is -0.122. The number of hydrogen-bond donors (Lipinski definition) is 3. The zero-order valence-corrected chi connectivity index (χ0v) is 9.77. The van der Waals surface area contributed by atoms with E-state index in [9.17, 15) is 9.59 Å². The fourth-order valence-corrected chi connectivity index (χ4v) is 1.45. The minimum absolute atomic E-state index is 0.0550. The van der Waals surface area contributed by atoms with Gasteiger partial charge in [-0.3, -0.25) is 14.9 Å². The molecule has 2 heterocycles. The van der Waals surface area contributed by atoms with E-state index in [4.69, 9.17) is 4.52 Å².